The third-order valence-electron chi connectivity index (χ3n) is 6.39. The molecule has 0 saturated carbocycles. The van der Waals surface area contributed by atoms with Crippen LogP contribution in [0.4, 0.5) is 11.4 Å². The highest BCUT2D eigenvalue weighted by Crippen LogP contribution is 2.26. The second-order valence-electron chi connectivity index (χ2n) is 9.24. The predicted octanol–water partition coefficient (Wildman–Crippen LogP) is 4.78. The molecule has 0 radical (unpaired) electrons. The number of anilines is 1. The van der Waals surface area contributed by atoms with Crippen LogP contribution >= 0.6 is 11.6 Å². The maximum atomic E-state index is 13.9. The number of sulfonamides is 1. The minimum absolute atomic E-state index is 0.0184. The van der Waals surface area contributed by atoms with E-state index in [1.54, 1.807) is 49.4 Å². The van der Waals surface area contributed by atoms with Crippen molar-refractivity contribution in [2.24, 2.45) is 0 Å². The summed E-state index contributed by atoms with van der Waals surface area (Å²) in [5.41, 5.74) is 0.520. The Labute approximate surface area is 238 Å². The van der Waals surface area contributed by atoms with Crippen LogP contribution in [0.1, 0.15) is 32.8 Å². The summed E-state index contributed by atoms with van der Waals surface area (Å²) in [6.07, 6.45) is 0.687. The highest BCUT2D eigenvalue weighted by atomic mass is 35.5. The first-order valence-electron chi connectivity index (χ1n) is 12.6. The van der Waals surface area contributed by atoms with E-state index in [1.807, 2.05) is 13.8 Å². The van der Waals surface area contributed by atoms with Crippen LogP contribution in [-0.2, 0) is 26.2 Å². The van der Waals surface area contributed by atoms with Gasteiger partial charge in [0.25, 0.3) is 15.7 Å². The molecule has 0 aromatic heterocycles. The molecule has 0 spiro atoms. The quantitative estimate of drug-likeness (QED) is 0.240. The molecule has 0 heterocycles. The summed E-state index contributed by atoms with van der Waals surface area (Å²) in [5.74, 6) is -1.02. The molecule has 12 heteroatoms. The van der Waals surface area contributed by atoms with E-state index in [0.29, 0.717) is 17.0 Å². The van der Waals surface area contributed by atoms with Gasteiger partial charge in [0.15, 0.2) is 0 Å². The monoisotopic (exact) mass is 586 g/mol. The summed E-state index contributed by atoms with van der Waals surface area (Å²) in [5, 5.41) is 14.5. The fourth-order valence-corrected chi connectivity index (χ4v) is 5.38. The predicted molar refractivity (Wildman–Crippen MR) is 153 cm³/mol. The van der Waals surface area contributed by atoms with Crippen molar-refractivity contribution in [2.45, 2.75) is 50.7 Å². The van der Waals surface area contributed by atoms with Crippen molar-refractivity contribution in [3.8, 4) is 0 Å². The largest absolute Gasteiger partial charge is 0.352 e. The Morgan fingerprint density at radius 1 is 0.975 bits per heavy atom. The van der Waals surface area contributed by atoms with Crippen LogP contribution in [-0.4, -0.2) is 48.7 Å². The summed E-state index contributed by atoms with van der Waals surface area (Å²) in [7, 11) is -4.27. The van der Waals surface area contributed by atoms with Crippen molar-refractivity contribution in [3.63, 3.8) is 0 Å². The Bertz CT molecular complexity index is 1430. The van der Waals surface area contributed by atoms with Crippen molar-refractivity contribution in [3.05, 3.63) is 99.6 Å². The molecule has 212 valence electrons. The zero-order valence-corrected chi connectivity index (χ0v) is 23.9. The van der Waals surface area contributed by atoms with Gasteiger partial charge in [-0.3, -0.25) is 24.0 Å². The van der Waals surface area contributed by atoms with Gasteiger partial charge in [-0.1, -0.05) is 48.9 Å². The van der Waals surface area contributed by atoms with Crippen LogP contribution in [0.15, 0.2) is 83.8 Å². The van der Waals surface area contributed by atoms with Crippen LogP contribution in [0, 0.1) is 10.1 Å². The minimum Gasteiger partial charge on any atom is -0.352 e. The molecule has 40 heavy (non-hydrogen) atoms. The van der Waals surface area contributed by atoms with Crippen molar-refractivity contribution in [1.29, 1.82) is 0 Å². The van der Waals surface area contributed by atoms with Crippen LogP contribution in [0.3, 0.4) is 0 Å². The van der Waals surface area contributed by atoms with Crippen LogP contribution in [0.2, 0.25) is 5.02 Å². The van der Waals surface area contributed by atoms with Gasteiger partial charge in [-0.15, -0.1) is 0 Å². The van der Waals surface area contributed by atoms with Gasteiger partial charge in [0, 0.05) is 29.7 Å². The molecule has 0 bridgehead atoms. The van der Waals surface area contributed by atoms with Crippen molar-refractivity contribution >= 4 is 44.8 Å². The van der Waals surface area contributed by atoms with Crippen molar-refractivity contribution < 1.29 is 22.9 Å². The summed E-state index contributed by atoms with van der Waals surface area (Å²) in [4.78, 5) is 38.7. The van der Waals surface area contributed by atoms with Gasteiger partial charge in [0.05, 0.1) is 15.5 Å². The summed E-state index contributed by atoms with van der Waals surface area (Å²) >= 11 is 6.01. The van der Waals surface area contributed by atoms with E-state index in [-0.39, 0.29) is 34.8 Å². The lowest BCUT2D eigenvalue weighted by atomic mass is 10.1. The maximum Gasteiger partial charge on any atom is 0.269 e. The lowest BCUT2D eigenvalue weighted by Crippen LogP contribution is -2.52. The molecule has 1 N–H and O–H groups in total. The normalized spacial score (nSPS) is 12.7. The average Bonchev–Trinajstić information content (AvgIpc) is 2.95. The molecule has 3 rings (SSSR count). The highest BCUT2D eigenvalue weighted by molar-refractivity contribution is 7.92. The molecule has 10 nitrogen and oxygen atoms in total. The molecular formula is C28H31ClN4O6S. The zero-order valence-electron chi connectivity index (χ0n) is 22.4. The number of rotatable bonds is 12. The number of halogens is 1. The smallest absolute Gasteiger partial charge is 0.269 e. The third kappa shape index (κ3) is 7.57. The van der Waals surface area contributed by atoms with Gasteiger partial charge in [-0.2, -0.15) is 0 Å². The number of hydrogen-bond donors (Lipinski definition) is 1. The van der Waals surface area contributed by atoms with E-state index in [9.17, 15) is 28.1 Å². The lowest BCUT2D eigenvalue weighted by Gasteiger charge is -2.32. The average molecular weight is 587 g/mol. The summed E-state index contributed by atoms with van der Waals surface area (Å²) < 4.78 is 28.3. The molecule has 0 aliphatic carbocycles. The Balaban J connectivity index is 2.02. The second kappa shape index (κ2) is 13.4. The van der Waals surface area contributed by atoms with Crippen molar-refractivity contribution in [1.82, 2.24) is 10.2 Å². The molecular weight excluding hydrogens is 556 g/mol. The first-order chi connectivity index (χ1) is 18.9. The Morgan fingerprint density at radius 2 is 1.57 bits per heavy atom. The Hall–Kier alpha value is -3.96. The summed E-state index contributed by atoms with van der Waals surface area (Å²) in [6, 6.07) is 18.1. The molecule has 2 amide bonds. The van der Waals surface area contributed by atoms with Crippen LogP contribution in [0.25, 0.3) is 0 Å². The molecule has 2 atom stereocenters. The van der Waals surface area contributed by atoms with Gasteiger partial charge in [0.2, 0.25) is 11.8 Å². The second-order valence-corrected chi connectivity index (χ2v) is 11.5. The summed E-state index contributed by atoms with van der Waals surface area (Å²) in [6.45, 7) is 4.71. The van der Waals surface area contributed by atoms with Gasteiger partial charge in [-0.25, -0.2) is 8.42 Å². The number of hydrogen-bond acceptors (Lipinski definition) is 6. The van der Waals surface area contributed by atoms with E-state index in [4.69, 9.17) is 11.6 Å². The fraction of sp³-hybridized carbons (Fsp3) is 0.286. The SMILES string of the molecule is CC[C@H](C)NC(=O)[C@@H](C)N(Cc1ccc(Cl)cc1)C(=O)CN(c1ccc([N+](=O)[O-])cc1)S(=O)(=O)c1ccccc1. The van der Waals surface area contributed by atoms with E-state index < -0.39 is 33.4 Å². The number of amides is 2. The van der Waals surface area contributed by atoms with E-state index >= 15 is 0 Å². The number of carbonyl (C=O) groups is 2. The van der Waals surface area contributed by atoms with E-state index in [0.717, 1.165) is 4.31 Å². The van der Waals surface area contributed by atoms with Gasteiger partial charge in [0.1, 0.15) is 12.6 Å². The fourth-order valence-electron chi connectivity index (χ4n) is 3.82. The van der Waals surface area contributed by atoms with E-state index in [2.05, 4.69) is 5.32 Å². The standard InChI is InChI=1S/C28H31ClN4O6S/c1-4-20(2)30-28(35)21(3)31(18-22-10-12-23(29)13-11-22)27(34)19-32(24-14-16-25(17-15-24)33(36)37)40(38,39)26-8-6-5-7-9-26/h5-17,20-21H,4,18-19H2,1-3H3,(H,30,35)/t20-,21+/m0/s1. The molecule has 0 aliphatic heterocycles. The topological polar surface area (TPSA) is 130 Å². The number of nitrogens with one attached hydrogen (secondary N) is 1. The Kier molecular flexibility index (Phi) is 10.2. The van der Waals surface area contributed by atoms with Crippen molar-refractivity contribution in [2.75, 3.05) is 10.8 Å². The number of nitro benzene ring substituents is 1. The van der Waals surface area contributed by atoms with Crippen LogP contribution < -0.4 is 9.62 Å². The number of benzene rings is 3. The number of non-ortho nitro benzene ring substituents is 1. The number of nitrogens with zero attached hydrogens (tertiary/aromatic N) is 3. The highest BCUT2D eigenvalue weighted by Gasteiger charge is 2.33. The Morgan fingerprint density at radius 3 is 2.12 bits per heavy atom. The maximum absolute atomic E-state index is 13.9. The van der Waals surface area contributed by atoms with E-state index in [1.165, 1.54) is 41.3 Å². The van der Waals surface area contributed by atoms with Gasteiger partial charge >= 0.3 is 0 Å². The zero-order chi connectivity index (χ0) is 29.4. The minimum atomic E-state index is -4.27. The first kappa shape index (κ1) is 30.6. The lowest BCUT2D eigenvalue weighted by molar-refractivity contribution is -0.384. The number of nitro groups is 1. The molecule has 3 aromatic rings. The number of carbonyl (C=O) groups excluding carboxylic acids is 2. The molecule has 0 fully saturated rings. The van der Waals surface area contributed by atoms with Crippen LogP contribution in [0.5, 0.6) is 0 Å². The molecule has 3 aromatic carbocycles. The molecule has 0 aliphatic rings. The van der Waals surface area contributed by atoms with Gasteiger partial charge in [-0.05, 0) is 62.2 Å². The molecule has 0 saturated heterocycles. The van der Waals surface area contributed by atoms with Gasteiger partial charge < -0.3 is 10.2 Å². The first-order valence-corrected chi connectivity index (χ1v) is 14.4. The third-order valence-corrected chi connectivity index (χ3v) is 8.43. The molecule has 0 unspecified atom stereocenters.